The molecular weight excluding hydrogens is 470 g/mol. The molecule has 0 saturated carbocycles. The first kappa shape index (κ1) is 24.6. The minimum Gasteiger partial charge on any atom is -0.444 e. The molecule has 0 aliphatic carbocycles. The lowest BCUT2D eigenvalue weighted by Crippen LogP contribution is -2.48. The summed E-state index contributed by atoms with van der Waals surface area (Å²) in [6.07, 6.45) is 10.7. The standard InChI is InChI=1S/C27H31N7O3/c1-27(2,3)37-26(35)33-8-9-36-24(17-33)18-34-16-23(14-31-34)21-11-28-25(29-12-21)20-7-5-6-19(10-20)22-13-30-32(4)15-22/h5-7,10-16,24H,8-9,17-18H2,1-4H3. The van der Waals surface area contributed by atoms with Crippen LogP contribution in [0.2, 0.25) is 0 Å². The molecule has 10 heteroatoms. The predicted octanol–water partition coefficient (Wildman–Crippen LogP) is 4.04. The Labute approximate surface area is 215 Å². The fourth-order valence-electron chi connectivity index (χ4n) is 4.18. The van der Waals surface area contributed by atoms with Crippen LogP contribution in [0.3, 0.4) is 0 Å². The van der Waals surface area contributed by atoms with Crippen LogP contribution in [-0.2, 0) is 23.1 Å². The number of aromatic nitrogens is 6. The van der Waals surface area contributed by atoms with Gasteiger partial charge in [-0.05, 0) is 32.4 Å². The maximum atomic E-state index is 12.4. The molecule has 1 amide bonds. The number of carbonyl (C=O) groups excluding carboxylic acids is 1. The highest BCUT2D eigenvalue weighted by Gasteiger charge is 2.28. The molecule has 1 aromatic carbocycles. The van der Waals surface area contributed by atoms with Crippen LogP contribution >= 0.6 is 0 Å². The largest absolute Gasteiger partial charge is 0.444 e. The molecule has 1 saturated heterocycles. The third-order valence-corrected chi connectivity index (χ3v) is 5.96. The highest BCUT2D eigenvalue weighted by atomic mass is 16.6. The molecule has 0 N–H and O–H groups in total. The summed E-state index contributed by atoms with van der Waals surface area (Å²) < 4.78 is 15.0. The summed E-state index contributed by atoms with van der Waals surface area (Å²) in [5.74, 6) is 0.653. The van der Waals surface area contributed by atoms with Crippen molar-refractivity contribution in [1.82, 2.24) is 34.4 Å². The number of carbonyl (C=O) groups is 1. The summed E-state index contributed by atoms with van der Waals surface area (Å²) in [6.45, 7) is 7.57. The highest BCUT2D eigenvalue weighted by Crippen LogP contribution is 2.25. The summed E-state index contributed by atoms with van der Waals surface area (Å²) >= 11 is 0. The third kappa shape index (κ3) is 6.03. The van der Waals surface area contributed by atoms with Crippen LogP contribution < -0.4 is 0 Å². The lowest BCUT2D eigenvalue weighted by atomic mass is 10.1. The van der Waals surface area contributed by atoms with Crippen LogP contribution in [0, 0.1) is 0 Å². The molecule has 1 aliphatic heterocycles. The fraction of sp³-hybridized carbons (Fsp3) is 0.370. The number of nitrogens with zero attached hydrogens (tertiary/aromatic N) is 7. The minimum absolute atomic E-state index is 0.167. The maximum Gasteiger partial charge on any atom is 0.410 e. The lowest BCUT2D eigenvalue weighted by molar-refractivity contribution is -0.0483. The zero-order valence-electron chi connectivity index (χ0n) is 21.5. The Kier molecular flexibility index (Phi) is 6.75. The van der Waals surface area contributed by atoms with Gasteiger partial charge < -0.3 is 14.4 Å². The van der Waals surface area contributed by atoms with E-state index >= 15 is 0 Å². The van der Waals surface area contributed by atoms with Crippen molar-refractivity contribution in [2.75, 3.05) is 19.7 Å². The van der Waals surface area contributed by atoms with Gasteiger partial charge in [-0.15, -0.1) is 0 Å². The fourth-order valence-corrected chi connectivity index (χ4v) is 4.18. The number of rotatable bonds is 5. The van der Waals surface area contributed by atoms with Gasteiger partial charge in [0.25, 0.3) is 0 Å². The van der Waals surface area contributed by atoms with Crippen molar-refractivity contribution in [2.24, 2.45) is 7.05 Å². The van der Waals surface area contributed by atoms with Crippen LogP contribution in [0.5, 0.6) is 0 Å². The van der Waals surface area contributed by atoms with Gasteiger partial charge in [0.15, 0.2) is 5.82 Å². The van der Waals surface area contributed by atoms with Crippen LogP contribution in [0.4, 0.5) is 4.79 Å². The quantitative estimate of drug-likeness (QED) is 0.407. The van der Waals surface area contributed by atoms with E-state index in [0.717, 1.165) is 27.8 Å². The average Bonchev–Trinajstić information content (AvgIpc) is 3.53. The molecule has 4 heterocycles. The summed E-state index contributed by atoms with van der Waals surface area (Å²) in [5.41, 5.74) is 4.31. The van der Waals surface area contributed by atoms with Gasteiger partial charge in [0.2, 0.25) is 0 Å². The monoisotopic (exact) mass is 501 g/mol. The van der Waals surface area contributed by atoms with Gasteiger partial charge in [-0.2, -0.15) is 10.2 Å². The van der Waals surface area contributed by atoms with Crippen molar-refractivity contribution in [1.29, 1.82) is 0 Å². The number of morpholine rings is 1. The Morgan fingerprint density at radius 3 is 2.46 bits per heavy atom. The molecular formula is C27H31N7O3. The Morgan fingerprint density at radius 1 is 1.00 bits per heavy atom. The predicted molar refractivity (Wildman–Crippen MR) is 138 cm³/mol. The van der Waals surface area contributed by atoms with E-state index in [1.54, 1.807) is 15.8 Å². The Bertz CT molecular complexity index is 1370. The van der Waals surface area contributed by atoms with E-state index in [9.17, 15) is 4.79 Å². The second kappa shape index (κ2) is 10.1. The molecule has 1 atom stereocenters. The molecule has 3 aromatic heterocycles. The van der Waals surface area contributed by atoms with E-state index in [0.29, 0.717) is 32.1 Å². The molecule has 1 fully saturated rings. The van der Waals surface area contributed by atoms with E-state index in [1.807, 2.05) is 81.7 Å². The van der Waals surface area contributed by atoms with E-state index in [2.05, 4.69) is 26.2 Å². The molecule has 0 spiro atoms. The number of ether oxygens (including phenoxy) is 2. The molecule has 37 heavy (non-hydrogen) atoms. The summed E-state index contributed by atoms with van der Waals surface area (Å²) in [6, 6.07) is 8.11. The smallest absolute Gasteiger partial charge is 0.410 e. The zero-order chi connectivity index (χ0) is 26.0. The van der Waals surface area contributed by atoms with Gasteiger partial charge in [0.1, 0.15) is 5.60 Å². The van der Waals surface area contributed by atoms with Crippen LogP contribution in [-0.4, -0.2) is 71.9 Å². The van der Waals surface area contributed by atoms with Crippen LogP contribution in [0.1, 0.15) is 20.8 Å². The van der Waals surface area contributed by atoms with Gasteiger partial charge in [-0.3, -0.25) is 9.36 Å². The molecule has 10 nitrogen and oxygen atoms in total. The van der Waals surface area contributed by atoms with Crippen molar-refractivity contribution in [2.45, 2.75) is 39.0 Å². The van der Waals surface area contributed by atoms with Crippen molar-refractivity contribution in [3.05, 3.63) is 61.4 Å². The lowest BCUT2D eigenvalue weighted by Gasteiger charge is -2.34. The number of benzene rings is 1. The summed E-state index contributed by atoms with van der Waals surface area (Å²) in [5, 5.41) is 8.73. The van der Waals surface area contributed by atoms with E-state index < -0.39 is 5.60 Å². The second-order valence-electron chi connectivity index (χ2n) is 10.1. The first-order chi connectivity index (χ1) is 17.7. The van der Waals surface area contributed by atoms with Crippen molar-refractivity contribution in [3.8, 4) is 33.6 Å². The highest BCUT2D eigenvalue weighted by molar-refractivity contribution is 5.70. The Balaban J connectivity index is 1.23. The minimum atomic E-state index is -0.526. The topological polar surface area (TPSA) is 100 Å². The van der Waals surface area contributed by atoms with E-state index in [1.165, 1.54) is 0 Å². The first-order valence-electron chi connectivity index (χ1n) is 12.3. The van der Waals surface area contributed by atoms with E-state index in [-0.39, 0.29) is 12.2 Å². The number of hydrogen-bond acceptors (Lipinski definition) is 7. The molecule has 1 aliphatic rings. The van der Waals surface area contributed by atoms with Gasteiger partial charge in [-0.25, -0.2) is 14.8 Å². The molecule has 0 radical (unpaired) electrons. The van der Waals surface area contributed by atoms with Crippen molar-refractivity contribution < 1.29 is 14.3 Å². The maximum absolute atomic E-state index is 12.4. The zero-order valence-corrected chi connectivity index (χ0v) is 21.5. The summed E-state index contributed by atoms with van der Waals surface area (Å²) in [7, 11) is 1.90. The number of aryl methyl sites for hydroxylation is 1. The third-order valence-electron chi connectivity index (χ3n) is 5.96. The first-order valence-corrected chi connectivity index (χ1v) is 12.3. The van der Waals surface area contributed by atoms with E-state index in [4.69, 9.17) is 9.47 Å². The normalized spacial score (nSPS) is 16.1. The van der Waals surface area contributed by atoms with Crippen molar-refractivity contribution in [3.63, 3.8) is 0 Å². The Morgan fingerprint density at radius 2 is 1.73 bits per heavy atom. The molecule has 4 aromatic rings. The second-order valence-corrected chi connectivity index (χ2v) is 10.1. The molecule has 192 valence electrons. The molecule has 0 bridgehead atoms. The number of hydrogen-bond donors (Lipinski definition) is 0. The molecule has 5 rings (SSSR count). The van der Waals surface area contributed by atoms with Gasteiger partial charge >= 0.3 is 6.09 Å². The average molecular weight is 502 g/mol. The number of amides is 1. The van der Waals surface area contributed by atoms with Gasteiger partial charge in [0.05, 0.1) is 38.2 Å². The van der Waals surface area contributed by atoms with Crippen LogP contribution in [0.25, 0.3) is 33.6 Å². The Hall–Kier alpha value is -4.05. The summed E-state index contributed by atoms with van der Waals surface area (Å²) in [4.78, 5) is 23.3. The SMILES string of the molecule is Cn1cc(-c2cccc(-c3ncc(-c4cnn(CC5CN(C(=O)OC(C)(C)C)CCO5)c4)cn3)c2)cn1. The van der Waals surface area contributed by atoms with Crippen molar-refractivity contribution >= 4 is 6.09 Å². The van der Waals surface area contributed by atoms with Crippen LogP contribution in [0.15, 0.2) is 61.4 Å². The van der Waals surface area contributed by atoms with Gasteiger partial charge in [0, 0.05) is 60.6 Å². The molecule has 1 unspecified atom stereocenters. The van der Waals surface area contributed by atoms with Gasteiger partial charge in [-0.1, -0.05) is 18.2 Å².